The van der Waals surface area contributed by atoms with Gasteiger partial charge in [-0.2, -0.15) is 5.10 Å². The van der Waals surface area contributed by atoms with Crippen molar-refractivity contribution in [2.45, 2.75) is 25.1 Å². The third kappa shape index (κ3) is 4.24. The van der Waals surface area contributed by atoms with Crippen LogP contribution in [-0.4, -0.2) is 55.7 Å². The van der Waals surface area contributed by atoms with Crippen molar-refractivity contribution in [3.8, 4) is 11.1 Å². The molecule has 2 atom stereocenters. The van der Waals surface area contributed by atoms with Crippen LogP contribution in [0.3, 0.4) is 0 Å². The molecule has 33 heavy (non-hydrogen) atoms. The van der Waals surface area contributed by atoms with Gasteiger partial charge in [-0.15, -0.1) is 0 Å². The lowest BCUT2D eigenvalue weighted by molar-refractivity contribution is -0.0260. The topological polar surface area (TPSA) is 94.2 Å². The molecule has 1 fully saturated rings. The number of aromatic nitrogens is 4. The lowest BCUT2D eigenvalue weighted by Crippen LogP contribution is -2.48. The van der Waals surface area contributed by atoms with E-state index < -0.39 is 6.10 Å². The predicted molar refractivity (Wildman–Crippen MR) is 120 cm³/mol. The molecule has 1 aliphatic rings. The molecule has 0 spiro atoms. The number of aliphatic hydroxyl groups excluding tert-OH is 1. The molecule has 170 valence electrons. The van der Waals surface area contributed by atoms with E-state index in [9.17, 15) is 14.3 Å². The third-order valence-corrected chi connectivity index (χ3v) is 5.96. The zero-order valence-corrected chi connectivity index (χ0v) is 18.1. The zero-order chi connectivity index (χ0) is 22.9. The second kappa shape index (κ2) is 8.76. The Bertz CT molecular complexity index is 1310. The van der Waals surface area contributed by atoms with Crippen molar-refractivity contribution in [2.75, 3.05) is 13.2 Å². The first kappa shape index (κ1) is 21.3. The molecular weight excluding hydrogens is 425 g/mol. The number of nitrogens with zero attached hydrogens (tertiary/aromatic N) is 4. The largest absolute Gasteiger partial charge is 0.389 e. The van der Waals surface area contributed by atoms with Crippen molar-refractivity contribution in [1.29, 1.82) is 0 Å². The maximum atomic E-state index is 15.0. The van der Waals surface area contributed by atoms with Crippen LogP contribution in [0.1, 0.15) is 22.3 Å². The van der Waals surface area contributed by atoms with E-state index in [1.807, 2.05) is 29.9 Å². The first-order valence-corrected chi connectivity index (χ1v) is 10.8. The van der Waals surface area contributed by atoms with Crippen LogP contribution in [0.2, 0.25) is 0 Å². The first-order chi connectivity index (χ1) is 16.0. The highest BCUT2D eigenvalue weighted by Crippen LogP contribution is 2.25. The van der Waals surface area contributed by atoms with E-state index in [0.717, 1.165) is 16.6 Å². The summed E-state index contributed by atoms with van der Waals surface area (Å²) in [6.07, 6.45) is 6.62. The van der Waals surface area contributed by atoms with Gasteiger partial charge in [0, 0.05) is 43.4 Å². The third-order valence-electron chi connectivity index (χ3n) is 5.96. The summed E-state index contributed by atoms with van der Waals surface area (Å²) in [5, 5.41) is 17.1. The fourth-order valence-corrected chi connectivity index (χ4v) is 4.17. The highest BCUT2D eigenvalue weighted by molar-refractivity contribution is 6.05. The van der Waals surface area contributed by atoms with Gasteiger partial charge in [-0.3, -0.25) is 14.5 Å². The van der Waals surface area contributed by atoms with E-state index in [1.165, 1.54) is 6.07 Å². The second-order valence-electron chi connectivity index (χ2n) is 8.26. The molecule has 0 saturated carbocycles. The molecule has 4 aromatic rings. The summed E-state index contributed by atoms with van der Waals surface area (Å²) < 4.78 is 23.7. The van der Waals surface area contributed by atoms with Crippen molar-refractivity contribution in [3.05, 3.63) is 72.1 Å². The molecule has 5 rings (SSSR count). The Labute approximate surface area is 189 Å². The first-order valence-electron chi connectivity index (χ1n) is 10.8. The summed E-state index contributed by atoms with van der Waals surface area (Å²) in [4.78, 5) is 17.4. The number of benzene rings is 1. The van der Waals surface area contributed by atoms with Gasteiger partial charge >= 0.3 is 0 Å². The number of amides is 1. The van der Waals surface area contributed by atoms with Gasteiger partial charge in [-0.1, -0.05) is 12.1 Å². The number of rotatable bonds is 5. The van der Waals surface area contributed by atoms with Crippen molar-refractivity contribution in [3.63, 3.8) is 0 Å². The summed E-state index contributed by atoms with van der Waals surface area (Å²) in [5.41, 5.74) is 3.73. The monoisotopic (exact) mass is 449 g/mol. The molecule has 4 heterocycles. The number of carbonyl (C=O) groups is 1. The highest BCUT2D eigenvalue weighted by atomic mass is 19.1. The number of aryl methyl sites for hydroxylation is 1. The Morgan fingerprint density at radius 2 is 2.18 bits per heavy atom. The van der Waals surface area contributed by atoms with Gasteiger partial charge in [0.15, 0.2) is 0 Å². The van der Waals surface area contributed by atoms with Crippen LogP contribution >= 0.6 is 0 Å². The number of pyridine rings is 1. The van der Waals surface area contributed by atoms with Crippen LogP contribution in [0.4, 0.5) is 4.39 Å². The average Bonchev–Trinajstić information content (AvgIpc) is 3.41. The van der Waals surface area contributed by atoms with Gasteiger partial charge in [0.05, 0.1) is 42.6 Å². The summed E-state index contributed by atoms with van der Waals surface area (Å²) in [6.45, 7) is 0.921. The lowest BCUT2D eigenvalue weighted by atomic mass is 10.1. The van der Waals surface area contributed by atoms with E-state index in [-0.39, 0.29) is 30.9 Å². The van der Waals surface area contributed by atoms with Crippen LogP contribution in [0.25, 0.3) is 22.2 Å². The van der Waals surface area contributed by atoms with Crippen LogP contribution in [0.15, 0.2) is 55.1 Å². The number of nitrogens with one attached hydrogen (secondary N) is 1. The molecule has 1 saturated heterocycles. The number of hydrogen-bond donors (Lipinski definition) is 2. The average molecular weight is 449 g/mol. The van der Waals surface area contributed by atoms with Crippen molar-refractivity contribution in [2.24, 2.45) is 7.05 Å². The van der Waals surface area contributed by atoms with Crippen LogP contribution in [0.5, 0.6) is 0 Å². The SMILES string of the molecule is Cn1cc(-c2ccc(Cn3cc(C(=O)N[C@H]4CCOC[C@@H]4O)c4ncccc43)c(F)c2)cn1. The van der Waals surface area contributed by atoms with Gasteiger partial charge in [0.2, 0.25) is 0 Å². The van der Waals surface area contributed by atoms with Gasteiger partial charge in [-0.05, 0) is 30.2 Å². The Balaban J connectivity index is 1.43. The molecule has 1 amide bonds. The van der Waals surface area contributed by atoms with E-state index >= 15 is 0 Å². The molecule has 1 aromatic carbocycles. The fourth-order valence-electron chi connectivity index (χ4n) is 4.17. The molecule has 9 heteroatoms. The highest BCUT2D eigenvalue weighted by Gasteiger charge is 2.27. The molecule has 8 nitrogen and oxygen atoms in total. The summed E-state index contributed by atoms with van der Waals surface area (Å²) in [7, 11) is 1.82. The molecule has 1 aliphatic heterocycles. The fraction of sp³-hybridized carbons (Fsp3) is 0.292. The minimum atomic E-state index is -0.753. The molecule has 0 radical (unpaired) electrons. The minimum Gasteiger partial charge on any atom is -0.389 e. The van der Waals surface area contributed by atoms with Gasteiger partial charge < -0.3 is 19.7 Å². The number of ether oxygens (including phenoxy) is 1. The molecular formula is C24H24FN5O3. The summed E-state index contributed by atoms with van der Waals surface area (Å²) >= 11 is 0. The van der Waals surface area contributed by atoms with E-state index in [2.05, 4.69) is 15.4 Å². The van der Waals surface area contributed by atoms with Gasteiger partial charge in [0.25, 0.3) is 5.91 Å². The molecule has 2 N–H and O–H groups in total. The summed E-state index contributed by atoms with van der Waals surface area (Å²) in [6, 6.07) is 8.36. The van der Waals surface area contributed by atoms with E-state index in [1.54, 1.807) is 35.4 Å². The predicted octanol–water partition coefficient (Wildman–Crippen LogP) is 2.50. The lowest BCUT2D eigenvalue weighted by Gasteiger charge is -2.28. The number of hydrogen-bond acceptors (Lipinski definition) is 5. The second-order valence-corrected chi connectivity index (χ2v) is 8.26. The van der Waals surface area contributed by atoms with Crippen molar-refractivity contribution in [1.82, 2.24) is 24.6 Å². The Hall–Kier alpha value is -3.56. The number of halogens is 1. The minimum absolute atomic E-state index is 0.194. The molecule has 0 bridgehead atoms. The Morgan fingerprint density at radius 3 is 2.94 bits per heavy atom. The van der Waals surface area contributed by atoms with Crippen LogP contribution in [0, 0.1) is 5.82 Å². The molecule has 0 unspecified atom stereocenters. The van der Waals surface area contributed by atoms with E-state index in [4.69, 9.17) is 4.74 Å². The van der Waals surface area contributed by atoms with Crippen LogP contribution < -0.4 is 5.32 Å². The standard InChI is InChI=1S/C24H24FN5O3/c1-29-11-17(10-27-29)15-4-5-16(19(25)9-15)12-30-13-18(23-21(30)3-2-7-26-23)24(32)28-20-6-8-33-14-22(20)31/h2-5,7,9-11,13,20,22,31H,6,8,12,14H2,1H3,(H,28,32)/t20-,22-/m0/s1. The maximum absolute atomic E-state index is 15.0. The zero-order valence-electron chi connectivity index (χ0n) is 18.1. The Kier molecular flexibility index (Phi) is 5.65. The number of aliphatic hydroxyl groups is 1. The summed E-state index contributed by atoms with van der Waals surface area (Å²) in [5.74, 6) is -0.658. The van der Waals surface area contributed by atoms with Gasteiger partial charge in [-0.25, -0.2) is 4.39 Å². The maximum Gasteiger partial charge on any atom is 0.255 e. The van der Waals surface area contributed by atoms with Crippen LogP contribution in [-0.2, 0) is 18.3 Å². The number of carbonyl (C=O) groups excluding carboxylic acids is 1. The van der Waals surface area contributed by atoms with Crippen molar-refractivity contribution >= 4 is 16.9 Å². The molecule has 3 aromatic heterocycles. The normalized spacial score (nSPS) is 18.5. The smallest absolute Gasteiger partial charge is 0.255 e. The van der Waals surface area contributed by atoms with Gasteiger partial charge in [0.1, 0.15) is 11.3 Å². The molecule has 0 aliphatic carbocycles. The van der Waals surface area contributed by atoms with E-state index in [0.29, 0.717) is 29.7 Å². The number of fused-ring (bicyclic) bond motifs is 1. The van der Waals surface area contributed by atoms with Crippen molar-refractivity contribution < 1.29 is 19.0 Å². The Morgan fingerprint density at radius 1 is 1.30 bits per heavy atom. The quantitative estimate of drug-likeness (QED) is 0.488.